The van der Waals surface area contributed by atoms with E-state index in [-0.39, 0.29) is 11.6 Å². The highest BCUT2D eigenvalue weighted by Crippen LogP contribution is 2.23. The first-order valence-electron chi connectivity index (χ1n) is 5.25. The van der Waals surface area contributed by atoms with Crippen LogP contribution in [0.3, 0.4) is 0 Å². The van der Waals surface area contributed by atoms with Gasteiger partial charge in [-0.2, -0.15) is 0 Å². The summed E-state index contributed by atoms with van der Waals surface area (Å²) in [6.07, 6.45) is 3.04. The molecule has 5 heteroatoms. The van der Waals surface area contributed by atoms with Gasteiger partial charge in [0.25, 0.3) is 0 Å². The summed E-state index contributed by atoms with van der Waals surface area (Å²) in [7, 11) is 0. The van der Waals surface area contributed by atoms with Gasteiger partial charge in [0, 0.05) is 15.3 Å². The average molecular weight is 356 g/mol. The molecule has 0 aliphatic rings. The van der Waals surface area contributed by atoms with E-state index < -0.39 is 0 Å². The van der Waals surface area contributed by atoms with Crippen LogP contribution in [0.2, 0.25) is 0 Å². The zero-order valence-corrected chi connectivity index (χ0v) is 11.7. The van der Waals surface area contributed by atoms with E-state index >= 15 is 0 Å². The monoisotopic (exact) mass is 356 g/mol. The van der Waals surface area contributed by atoms with E-state index in [1.54, 1.807) is 18.2 Å². The molecular formula is C13H10FIN2O. The number of benzene rings is 1. The Morgan fingerprint density at radius 3 is 2.78 bits per heavy atom. The maximum absolute atomic E-state index is 13.7. The summed E-state index contributed by atoms with van der Waals surface area (Å²) in [6, 6.07) is 6.45. The maximum Gasteiger partial charge on any atom is 0.162 e. The minimum Gasteiger partial charge on any atom is -0.351 e. The van der Waals surface area contributed by atoms with Gasteiger partial charge in [-0.1, -0.05) is 0 Å². The lowest BCUT2D eigenvalue weighted by Gasteiger charge is -2.10. The van der Waals surface area contributed by atoms with Gasteiger partial charge in [-0.05, 0) is 53.8 Å². The van der Waals surface area contributed by atoms with Crippen LogP contribution < -0.4 is 5.32 Å². The van der Waals surface area contributed by atoms with Crippen LogP contribution >= 0.6 is 22.6 Å². The molecule has 0 aliphatic heterocycles. The molecule has 2 rings (SSSR count). The third-order valence-corrected chi connectivity index (χ3v) is 3.07. The quantitative estimate of drug-likeness (QED) is 0.673. The van der Waals surface area contributed by atoms with Gasteiger partial charge < -0.3 is 5.32 Å². The molecule has 3 nitrogen and oxygen atoms in total. The number of pyridine rings is 1. The number of hydrogen-bond acceptors (Lipinski definition) is 3. The number of Topliss-reactive ketones (excluding diaryl/α,β-unsaturated/α-hetero) is 1. The molecule has 1 aromatic carbocycles. The number of aromatic nitrogens is 1. The van der Waals surface area contributed by atoms with E-state index in [2.05, 4.69) is 10.3 Å². The van der Waals surface area contributed by atoms with Crippen molar-refractivity contribution in [2.75, 3.05) is 5.32 Å². The van der Waals surface area contributed by atoms with E-state index in [0.29, 0.717) is 16.9 Å². The molecule has 0 aliphatic carbocycles. The second kappa shape index (κ2) is 5.43. The lowest BCUT2D eigenvalue weighted by Crippen LogP contribution is -2.02. The second-order valence-electron chi connectivity index (χ2n) is 3.73. The van der Waals surface area contributed by atoms with Crippen LogP contribution in [-0.2, 0) is 0 Å². The number of ketones is 1. The topological polar surface area (TPSA) is 42.0 Å². The summed E-state index contributed by atoms with van der Waals surface area (Å²) < 4.78 is 14.5. The van der Waals surface area contributed by atoms with Gasteiger partial charge >= 0.3 is 0 Å². The van der Waals surface area contributed by atoms with Gasteiger partial charge in [0.1, 0.15) is 5.82 Å². The van der Waals surface area contributed by atoms with Crippen LogP contribution in [0.25, 0.3) is 0 Å². The Balaban J connectivity index is 2.37. The summed E-state index contributed by atoms with van der Waals surface area (Å²) in [5.74, 6) is -0.453. The molecule has 0 bridgehead atoms. The number of nitrogens with one attached hydrogen (secondary N) is 1. The van der Waals surface area contributed by atoms with Crippen LogP contribution in [-0.4, -0.2) is 10.8 Å². The van der Waals surface area contributed by atoms with Crippen LogP contribution in [0.15, 0.2) is 36.7 Å². The van der Waals surface area contributed by atoms with Crippen molar-refractivity contribution < 1.29 is 9.18 Å². The van der Waals surface area contributed by atoms with E-state index in [1.807, 2.05) is 22.6 Å². The largest absolute Gasteiger partial charge is 0.351 e. The molecule has 1 N–H and O–H groups in total. The molecule has 0 atom stereocenters. The van der Waals surface area contributed by atoms with Crippen molar-refractivity contribution in [2.45, 2.75) is 6.92 Å². The van der Waals surface area contributed by atoms with Crippen molar-refractivity contribution in [1.82, 2.24) is 4.98 Å². The number of carbonyl (C=O) groups excluding carboxylic acids is 1. The molecule has 18 heavy (non-hydrogen) atoms. The van der Waals surface area contributed by atoms with Crippen molar-refractivity contribution in [3.05, 3.63) is 51.6 Å². The second-order valence-corrected chi connectivity index (χ2v) is 4.97. The molecule has 1 heterocycles. The Labute approximate surface area is 118 Å². The third kappa shape index (κ3) is 2.84. The average Bonchev–Trinajstić information content (AvgIpc) is 2.33. The van der Waals surface area contributed by atoms with Crippen molar-refractivity contribution in [2.24, 2.45) is 0 Å². The number of anilines is 2. The smallest absolute Gasteiger partial charge is 0.162 e. The maximum atomic E-state index is 13.7. The summed E-state index contributed by atoms with van der Waals surface area (Å²) >= 11 is 2.04. The van der Waals surface area contributed by atoms with Gasteiger partial charge in [0.15, 0.2) is 5.78 Å². The lowest BCUT2D eigenvalue weighted by molar-refractivity contribution is 0.101. The Hall–Kier alpha value is -1.50. The summed E-state index contributed by atoms with van der Waals surface area (Å²) in [4.78, 5) is 15.4. The summed E-state index contributed by atoms with van der Waals surface area (Å²) in [6.45, 7) is 1.46. The molecule has 1 aromatic heterocycles. The molecule has 2 aromatic rings. The van der Waals surface area contributed by atoms with Gasteiger partial charge in [-0.25, -0.2) is 4.39 Å². The van der Waals surface area contributed by atoms with Gasteiger partial charge in [0.2, 0.25) is 0 Å². The van der Waals surface area contributed by atoms with Crippen molar-refractivity contribution in [3.63, 3.8) is 0 Å². The highest BCUT2D eigenvalue weighted by atomic mass is 127. The molecule has 92 valence electrons. The molecule has 0 spiro atoms. The SMILES string of the molecule is CC(=O)c1ccncc1Nc1ccc(I)cc1F. The van der Waals surface area contributed by atoms with E-state index in [1.165, 1.54) is 25.4 Å². The number of nitrogens with zero attached hydrogens (tertiary/aromatic N) is 1. The standard InChI is InChI=1S/C13H10FIN2O/c1-8(18)10-4-5-16-7-13(10)17-12-3-2-9(15)6-11(12)14/h2-7,17H,1H3. The number of hydrogen-bond donors (Lipinski definition) is 1. The molecule has 0 unspecified atom stereocenters. The molecule has 0 saturated carbocycles. The van der Waals surface area contributed by atoms with Crippen molar-refractivity contribution in [3.8, 4) is 0 Å². The van der Waals surface area contributed by atoms with E-state index in [4.69, 9.17) is 0 Å². The fourth-order valence-electron chi connectivity index (χ4n) is 1.54. The van der Waals surface area contributed by atoms with Crippen molar-refractivity contribution >= 4 is 39.7 Å². The molecule has 0 radical (unpaired) electrons. The Morgan fingerprint density at radius 2 is 2.11 bits per heavy atom. The molecular weight excluding hydrogens is 346 g/mol. The normalized spacial score (nSPS) is 10.2. The predicted octanol–water partition coefficient (Wildman–Crippen LogP) is 3.77. The van der Waals surface area contributed by atoms with Crippen LogP contribution in [0.5, 0.6) is 0 Å². The predicted molar refractivity (Wildman–Crippen MR) is 76.6 cm³/mol. The summed E-state index contributed by atoms with van der Waals surface area (Å²) in [5.41, 5.74) is 1.32. The Kier molecular flexibility index (Phi) is 3.90. The van der Waals surface area contributed by atoms with Crippen molar-refractivity contribution in [1.29, 1.82) is 0 Å². The van der Waals surface area contributed by atoms with Gasteiger partial charge in [0.05, 0.1) is 17.6 Å². The fraction of sp³-hybridized carbons (Fsp3) is 0.0769. The van der Waals surface area contributed by atoms with E-state index in [9.17, 15) is 9.18 Å². The van der Waals surface area contributed by atoms with E-state index in [0.717, 1.165) is 3.57 Å². The first-order chi connectivity index (χ1) is 8.58. The van der Waals surface area contributed by atoms with Crippen LogP contribution in [0.4, 0.5) is 15.8 Å². The highest BCUT2D eigenvalue weighted by Gasteiger charge is 2.09. The van der Waals surface area contributed by atoms with Gasteiger partial charge in [-0.15, -0.1) is 0 Å². The van der Waals surface area contributed by atoms with Crippen LogP contribution in [0.1, 0.15) is 17.3 Å². The molecule has 0 saturated heterocycles. The van der Waals surface area contributed by atoms with Crippen LogP contribution in [0, 0.1) is 9.39 Å². The third-order valence-electron chi connectivity index (χ3n) is 2.40. The first-order valence-corrected chi connectivity index (χ1v) is 6.33. The number of halogens is 2. The Morgan fingerprint density at radius 1 is 1.33 bits per heavy atom. The zero-order chi connectivity index (χ0) is 13.1. The minimum absolute atomic E-state index is 0.0918. The number of carbonyl (C=O) groups is 1. The molecule has 0 amide bonds. The van der Waals surface area contributed by atoms with Gasteiger partial charge in [-0.3, -0.25) is 9.78 Å². The fourth-order valence-corrected chi connectivity index (χ4v) is 1.99. The Bertz CT molecular complexity index is 601. The number of rotatable bonds is 3. The first kappa shape index (κ1) is 12.9. The minimum atomic E-state index is -0.361. The highest BCUT2D eigenvalue weighted by molar-refractivity contribution is 14.1. The summed E-state index contributed by atoms with van der Waals surface area (Å²) in [5, 5.41) is 2.89. The lowest BCUT2D eigenvalue weighted by atomic mass is 10.1. The molecule has 0 fully saturated rings. The zero-order valence-electron chi connectivity index (χ0n) is 9.58.